The molecule has 4 nitrogen and oxygen atoms in total. The van der Waals surface area contributed by atoms with Gasteiger partial charge in [-0.15, -0.1) is 0 Å². The smallest absolute Gasteiger partial charge is 0.196 e. The summed E-state index contributed by atoms with van der Waals surface area (Å²) < 4.78 is 0. The maximum absolute atomic E-state index is 9.23. The molecule has 64 valence electrons. The van der Waals surface area contributed by atoms with Crippen molar-refractivity contribution >= 4 is 12.2 Å². The third kappa shape index (κ3) is 2.23. The van der Waals surface area contributed by atoms with E-state index in [1.54, 1.807) is 29.6 Å². The lowest BCUT2D eigenvalue weighted by atomic mass is 10.4. The molecule has 1 N–H and O–H groups in total. The molecule has 0 aliphatic carbocycles. The summed E-state index contributed by atoms with van der Waals surface area (Å²) in [6.07, 6.45) is 3.17. The number of hydrogen-bond donors (Lipinski definition) is 1. The van der Waals surface area contributed by atoms with Gasteiger partial charge >= 0.3 is 0 Å². The van der Waals surface area contributed by atoms with Crippen LogP contribution in [-0.2, 0) is 0 Å². The molecular formula is C8H11N3O. The van der Waals surface area contributed by atoms with Crippen molar-refractivity contribution in [2.24, 2.45) is 4.99 Å². The fourth-order valence-corrected chi connectivity index (χ4v) is 0.658. The highest BCUT2D eigenvalue weighted by molar-refractivity contribution is 5.61. The number of hydrogen-bond acceptors (Lipinski definition) is 3. The second-order valence-electron chi connectivity index (χ2n) is 2.55. The van der Waals surface area contributed by atoms with Crippen LogP contribution in [0, 0.1) is 0 Å². The first-order valence-corrected chi connectivity index (χ1v) is 3.55. The Labute approximate surface area is 71.2 Å². The van der Waals surface area contributed by atoms with Gasteiger partial charge in [-0.05, 0) is 12.1 Å². The van der Waals surface area contributed by atoms with Crippen LogP contribution < -0.4 is 0 Å². The number of rotatable bonds is 2. The summed E-state index contributed by atoms with van der Waals surface area (Å²) in [5.74, 6) is 0.432. The molecule has 4 heteroatoms. The van der Waals surface area contributed by atoms with Crippen LogP contribution in [0.15, 0.2) is 23.3 Å². The van der Waals surface area contributed by atoms with Gasteiger partial charge in [0.2, 0.25) is 0 Å². The molecule has 0 spiro atoms. The molecule has 1 rings (SSSR count). The summed E-state index contributed by atoms with van der Waals surface area (Å²) in [4.78, 5) is 9.59. The van der Waals surface area contributed by atoms with Gasteiger partial charge in [0.15, 0.2) is 11.6 Å². The SMILES string of the molecule is CN(C)C=Nc1ncccc1O. The van der Waals surface area contributed by atoms with Gasteiger partial charge in [-0.25, -0.2) is 9.98 Å². The summed E-state index contributed by atoms with van der Waals surface area (Å²) in [5.41, 5.74) is 0. The highest BCUT2D eigenvalue weighted by Gasteiger charge is 1.95. The largest absolute Gasteiger partial charge is 0.504 e. The molecule has 1 heterocycles. The molecule has 1 aromatic rings. The van der Waals surface area contributed by atoms with E-state index in [2.05, 4.69) is 9.98 Å². The Hall–Kier alpha value is -1.58. The average molecular weight is 165 g/mol. The van der Waals surface area contributed by atoms with Crippen molar-refractivity contribution in [3.05, 3.63) is 18.3 Å². The minimum Gasteiger partial charge on any atom is -0.504 e. The molecule has 0 atom stereocenters. The molecule has 0 radical (unpaired) electrons. The van der Waals surface area contributed by atoms with Crippen molar-refractivity contribution in [2.45, 2.75) is 0 Å². The number of nitrogens with zero attached hydrogens (tertiary/aromatic N) is 3. The molecular weight excluding hydrogens is 154 g/mol. The third-order valence-electron chi connectivity index (χ3n) is 1.18. The predicted molar refractivity (Wildman–Crippen MR) is 47.7 cm³/mol. The van der Waals surface area contributed by atoms with Crippen molar-refractivity contribution in [3.63, 3.8) is 0 Å². The maximum atomic E-state index is 9.23. The van der Waals surface area contributed by atoms with E-state index in [0.717, 1.165) is 0 Å². The lowest BCUT2D eigenvalue weighted by Crippen LogP contribution is -2.07. The second-order valence-corrected chi connectivity index (χ2v) is 2.55. The standard InChI is InChI=1S/C8H11N3O/c1-11(2)6-10-8-7(12)4-3-5-9-8/h3-6,12H,1-2H3. The van der Waals surface area contributed by atoms with E-state index in [1.807, 2.05) is 14.1 Å². The molecule has 12 heavy (non-hydrogen) atoms. The summed E-state index contributed by atoms with van der Waals surface area (Å²) in [6, 6.07) is 3.21. The Kier molecular flexibility index (Phi) is 2.63. The Bertz CT molecular complexity index is 283. The van der Waals surface area contributed by atoms with Gasteiger partial charge in [-0.3, -0.25) is 0 Å². The third-order valence-corrected chi connectivity index (χ3v) is 1.18. The van der Waals surface area contributed by atoms with E-state index in [-0.39, 0.29) is 5.75 Å². The molecule has 0 saturated heterocycles. The summed E-state index contributed by atoms with van der Waals surface area (Å²) in [5, 5.41) is 9.23. The lowest BCUT2D eigenvalue weighted by molar-refractivity contribution is 0.474. The van der Waals surface area contributed by atoms with Crippen molar-refractivity contribution in [1.29, 1.82) is 0 Å². The zero-order valence-corrected chi connectivity index (χ0v) is 7.10. The first-order chi connectivity index (χ1) is 5.70. The molecule has 0 aliphatic rings. The van der Waals surface area contributed by atoms with Gasteiger partial charge in [-0.2, -0.15) is 0 Å². The summed E-state index contributed by atoms with van der Waals surface area (Å²) >= 11 is 0. The minimum atomic E-state index is 0.0931. The molecule has 0 aromatic carbocycles. The number of aromatic hydroxyl groups is 1. The fraction of sp³-hybridized carbons (Fsp3) is 0.250. The predicted octanol–water partition coefficient (Wildman–Crippen LogP) is 1.01. The second kappa shape index (κ2) is 3.71. The van der Waals surface area contributed by atoms with Crippen LogP contribution in [0.1, 0.15) is 0 Å². The van der Waals surface area contributed by atoms with Gasteiger partial charge in [-0.1, -0.05) is 0 Å². The first kappa shape index (κ1) is 8.52. The highest BCUT2D eigenvalue weighted by atomic mass is 16.3. The van der Waals surface area contributed by atoms with Gasteiger partial charge in [0, 0.05) is 20.3 Å². The lowest BCUT2D eigenvalue weighted by Gasteiger charge is -2.02. The molecule has 0 bridgehead atoms. The van der Waals surface area contributed by atoms with E-state index in [4.69, 9.17) is 0 Å². The summed E-state index contributed by atoms with van der Waals surface area (Å²) in [6.45, 7) is 0. The van der Waals surface area contributed by atoms with E-state index < -0.39 is 0 Å². The van der Waals surface area contributed by atoms with E-state index >= 15 is 0 Å². The van der Waals surface area contributed by atoms with E-state index in [0.29, 0.717) is 5.82 Å². The Morgan fingerprint density at radius 1 is 1.58 bits per heavy atom. The minimum absolute atomic E-state index is 0.0931. The maximum Gasteiger partial charge on any atom is 0.196 e. The van der Waals surface area contributed by atoms with Gasteiger partial charge < -0.3 is 10.0 Å². The number of aromatic nitrogens is 1. The normalized spacial score (nSPS) is 10.5. The zero-order valence-electron chi connectivity index (χ0n) is 7.10. The van der Waals surface area contributed by atoms with E-state index in [9.17, 15) is 5.11 Å². The molecule has 0 aliphatic heterocycles. The van der Waals surface area contributed by atoms with Gasteiger partial charge in [0.25, 0.3) is 0 Å². The van der Waals surface area contributed by atoms with Crippen LogP contribution in [0.4, 0.5) is 5.82 Å². The van der Waals surface area contributed by atoms with Crippen LogP contribution in [-0.4, -0.2) is 35.4 Å². The average Bonchev–Trinajstić information content (AvgIpc) is 2.03. The number of aliphatic imine (C=N–C) groups is 1. The van der Waals surface area contributed by atoms with E-state index in [1.165, 1.54) is 0 Å². The van der Waals surface area contributed by atoms with Gasteiger partial charge in [0.1, 0.15) is 0 Å². The number of pyridine rings is 1. The monoisotopic (exact) mass is 165 g/mol. The van der Waals surface area contributed by atoms with Gasteiger partial charge in [0.05, 0.1) is 6.34 Å². The molecule has 0 amide bonds. The highest BCUT2D eigenvalue weighted by Crippen LogP contribution is 2.20. The Morgan fingerprint density at radius 2 is 2.33 bits per heavy atom. The summed E-state index contributed by atoms with van der Waals surface area (Å²) in [7, 11) is 3.70. The van der Waals surface area contributed by atoms with Crippen LogP contribution in [0.3, 0.4) is 0 Å². The van der Waals surface area contributed by atoms with Crippen molar-refractivity contribution in [3.8, 4) is 5.75 Å². The van der Waals surface area contributed by atoms with Crippen molar-refractivity contribution in [2.75, 3.05) is 14.1 Å². The van der Waals surface area contributed by atoms with Crippen LogP contribution in [0.5, 0.6) is 5.75 Å². The molecule has 1 aromatic heterocycles. The topological polar surface area (TPSA) is 48.7 Å². The molecule has 0 fully saturated rings. The molecule has 0 unspecified atom stereocenters. The first-order valence-electron chi connectivity index (χ1n) is 3.55. The van der Waals surface area contributed by atoms with Crippen molar-refractivity contribution in [1.82, 2.24) is 9.88 Å². The quantitative estimate of drug-likeness (QED) is 0.525. The van der Waals surface area contributed by atoms with Crippen LogP contribution in [0.25, 0.3) is 0 Å². The zero-order chi connectivity index (χ0) is 8.97. The Balaban J connectivity index is 2.82. The Morgan fingerprint density at radius 3 is 2.92 bits per heavy atom. The fourth-order valence-electron chi connectivity index (χ4n) is 0.658. The van der Waals surface area contributed by atoms with Crippen LogP contribution in [0.2, 0.25) is 0 Å². The van der Waals surface area contributed by atoms with Crippen LogP contribution >= 0.6 is 0 Å². The molecule has 0 saturated carbocycles. The van der Waals surface area contributed by atoms with Crippen molar-refractivity contribution < 1.29 is 5.11 Å².